The molecule has 3 heteroatoms. The zero-order valence-corrected chi connectivity index (χ0v) is 7.71. The predicted octanol–water partition coefficient (Wildman–Crippen LogP) is -0.337. The van der Waals surface area contributed by atoms with Crippen LogP contribution in [0.15, 0.2) is 0 Å². The lowest BCUT2D eigenvalue weighted by Crippen LogP contribution is -2.71. The Hall–Kier alpha value is -0.120. The second-order valence-electron chi connectivity index (χ2n) is 4.34. The Morgan fingerprint density at radius 3 is 2.58 bits per heavy atom. The van der Waals surface area contributed by atoms with Crippen molar-refractivity contribution in [2.75, 3.05) is 32.7 Å². The molecular weight excluding hydrogens is 152 g/mol. The molecule has 2 N–H and O–H groups in total. The summed E-state index contributed by atoms with van der Waals surface area (Å²) in [7, 11) is 0. The van der Waals surface area contributed by atoms with E-state index in [4.69, 9.17) is 0 Å². The lowest BCUT2D eigenvalue weighted by molar-refractivity contribution is -0.0588. The molecular formula is C9H18N2O. The number of aliphatic hydroxyl groups is 1. The van der Waals surface area contributed by atoms with E-state index in [1.165, 1.54) is 26.2 Å². The third-order valence-corrected chi connectivity index (χ3v) is 3.06. The SMILES string of the molecule is CCC(O)CN1CC2(CNC2)C1. The molecule has 0 aromatic carbocycles. The molecule has 2 saturated heterocycles. The summed E-state index contributed by atoms with van der Waals surface area (Å²) in [6.45, 7) is 7.66. The first-order valence-corrected chi connectivity index (χ1v) is 4.85. The maximum absolute atomic E-state index is 9.40. The van der Waals surface area contributed by atoms with Crippen molar-refractivity contribution in [3.05, 3.63) is 0 Å². The number of rotatable bonds is 3. The highest BCUT2D eigenvalue weighted by atomic mass is 16.3. The molecule has 2 fully saturated rings. The molecule has 0 radical (unpaired) electrons. The van der Waals surface area contributed by atoms with Crippen LogP contribution >= 0.6 is 0 Å². The van der Waals surface area contributed by atoms with Crippen molar-refractivity contribution in [3.8, 4) is 0 Å². The fourth-order valence-electron chi connectivity index (χ4n) is 2.16. The van der Waals surface area contributed by atoms with Crippen molar-refractivity contribution >= 4 is 0 Å². The maximum atomic E-state index is 9.40. The van der Waals surface area contributed by atoms with Gasteiger partial charge in [0.2, 0.25) is 0 Å². The summed E-state index contributed by atoms with van der Waals surface area (Å²) in [5.41, 5.74) is 0.605. The van der Waals surface area contributed by atoms with E-state index in [0.717, 1.165) is 13.0 Å². The van der Waals surface area contributed by atoms with E-state index in [1.807, 2.05) is 6.92 Å². The van der Waals surface area contributed by atoms with E-state index >= 15 is 0 Å². The Labute approximate surface area is 73.8 Å². The topological polar surface area (TPSA) is 35.5 Å². The fraction of sp³-hybridized carbons (Fsp3) is 1.00. The number of nitrogens with one attached hydrogen (secondary N) is 1. The van der Waals surface area contributed by atoms with Gasteiger partial charge in [-0.05, 0) is 6.42 Å². The van der Waals surface area contributed by atoms with Gasteiger partial charge >= 0.3 is 0 Å². The highest BCUT2D eigenvalue weighted by Crippen LogP contribution is 2.33. The van der Waals surface area contributed by atoms with Gasteiger partial charge in [-0.25, -0.2) is 0 Å². The first kappa shape index (κ1) is 8.48. The van der Waals surface area contributed by atoms with E-state index in [-0.39, 0.29) is 6.10 Å². The summed E-state index contributed by atoms with van der Waals surface area (Å²) >= 11 is 0. The molecule has 1 spiro atoms. The summed E-state index contributed by atoms with van der Waals surface area (Å²) in [5.74, 6) is 0. The smallest absolute Gasteiger partial charge is 0.0664 e. The van der Waals surface area contributed by atoms with E-state index in [1.54, 1.807) is 0 Å². The van der Waals surface area contributed by atoms with Gasteiger partial charge < -0.3 is 10.4 Å². The van der Waals surface area contributed by atoms with E-state index in [9.17, 15) is 5.11 Å². The Morgan fingerprint density at radius 1 is 1.50 bits per heavy atom. The third-order valence-electron chi connectivity index (χ3n) is 3.06. The Kier molecular flexibility index (Phi) is 2.10. The van der Waals surface area contributed by atoms with Crippen molar-refractivity contribution in [1.29, 1.82) is 0 Å². The third kappa shape index (κ3) is 1.37. The number of hydrogen-bond donors (Lipinski definition) is 2. The summed E-state index contributed by atoms with van der Waals surface area (Å²) in [4.78, 5) is 2.36. The summed E-state index contributed by atoms with van der Waals surface area (Å²) in [5, 5.41) is 12.7. The van der Waals surface area contributed by atoms with E-state index < -0.39 is 0 Å². The maximum Gasteiger partial charge on any atom is 0.0664 e. The number of nitrogens with zero attached hydrogens (tertiary/aromatic N) is 1. The van der Waals surface area contributed by atoms with Crippen LogP contribution in [-0.4, -0.2) is 48.8 Å². The van der Waals surface area contributed by atoms with Crippen LogP contribution in [-0.2, 0) is 0 Å². The lowest BCUT2D eigenvalue weighted by Gasteiger charge is -2.56. The zero-order chi connectivity index (χ0) is 8.60. The lowest BCUT2D eigenvalue weighted by atomic mass is 9.74. The first-order chi connectivity index (χ1) is 5.74. The molecule has 0 aliphatic carbocycles. The van der Waals surface area contributed by atoms with E-state index in [2.05, 4.69) is 10.2 Å². The van der Waals surface area contributed by atoms with Crippen LogP contribution in [0.25, 0.3) is 0 Å². The molecule has 0 saturated carbocycles. The second-order valence-corrected chi connectivity index (χ2v) is 4.34. The molecule has 0 bridgehead atoms. The molecule has 3 nitrogen and oxygen atoms in total. The van der Waals surface area contributed by atoms with Gasteiger partial charge in [-0.2, -0.15) is 0 Å². The van der Waals surface area contributed by atoms with Gasteiger partial charge in [-0.1, -0.05) is 6.92 Å². The Balaban J connectivity index is 1.67. The van der Waals surface area contributed by atoms with Crippen LogP contribution in [0.4, 0.5) is 0 Å². The van der Waals surface area contributed by atoms with Gasteiger partial charge in [0.25, 0.3) is 0 Å². The number of likely N-dealkylation sites (tertiary alicyclic amines) is 1. The minimum atomic E-state index is -0.115. The highest BCUT2D eigenvalue weighted by Gasteiger charge is 2.47. The largest absolute Gasteiger partial charge is 0.392 e. The molecule has 0 aromatic rings. The Morgan fingerprint density at radius 2 is 2.17 bits per heavy atom. The average Bonchev–Trinajstić information content (AvgIpc) is 1.91. The summed E-state index contributed by atoms with van der Waals surface area (Å²) in [6.07, 6.45) is 0.761. The van der Waals surface area contributed by atoms with Crippen LogP contribution < -0.4 is 5.32 Å². The summed E-state index contributed by atoms with van der Waals surface area (Å²) < 4.78 is 0. The summed E-state index contributed by atoms with van der Waals surface area (Å²) in [6, 6.07) is 0. The average molecular weight is 170 g/mol. The fourth-order valence-corrected chi connectivity index (χ4v) is 2.16. The van der Waals surface area contributed by atoms with Gasteiger partial charge in [0.05, 0.1) is 6.10 Å². The van der Waals surface area contributed by atoms with Gasteiger partial charge in [0, 0.05) is 38.1 Å². The minimum Gasteiger partial charge on any atom is -0.392 e. The monoisotopic (exact) mass is 170 g/mol. The molecule has 12 heavy (non-hydrogen) atoms. The molecule has 0 aromatic heterocycles. The van der Waals surface area contributed by atoms with Crippen molar-refractivity contribution in [3.63, 3.8) is 0 Å². The minimum absolute atomic E-state index is 0.115. The van der Waals surface area contributed by atoms with Gasteiger partial charge in [0.15, 0.2) is 0 Å². The molecule has 2 aliphatic heterocycles. The predicted molar refractivity (Wildman–Crippen MR) is 48.0 cm³/mol. The van der Waals surface area contributed by atoms with Crippen molar-refractivity contribution in [2.24, 2.45) is 5.41 Å². The van der Waals surface area contributed by atoms with Crippen molar-refractivity contribution < 1.29 is 5.11 Å². The van der Waals surface area contributed by atoms with Gasteiger partial charge in [0.1, 0.15) is 0 Å². The molecule has 2 rings (SSSR count). The van der Waals surface area contributed by atoms with Crippen LogP contribution in [0.1, 0.15) is 13.3 Å². The van der Waals surface area contributed by atoms with Crippen LogP contribution in [0.3, 0.4) is 0 Å². The molecule has 1 atom stereocenters. The molecule has 70 valence electrons. The van der Waals surface area contributed by atoms with Crippen molar-refractivity contribution in [2.45, 2.75) is 19.4 Å². The number of β-amino-alcohol motifs (C(OH)–C–C–N with tert-alkyl or cyclic N) is 1. The molecule has 1 unspecified atom stereocenters. The van der Waals surface area contributed by atoms with Crippen LogP contribution in [0.2, 0.25) is 0 Å². The molecule has 0 amide bonds. The van der Waals surface area contributed by atoms with Crippen LogP contribution in [0, 0.1) is 5.41 Å². The number of aliphatic hydroxyl groups excluding tert-OH is 1. The van der Waals surface area contributed by atoms with Crippen molar-refractivity contribution in [1.82, 2.24) is 10.2 Å². The van der Waals surface area contributed by atoms with E-state index in [0.29, 0.717) is 5.41 Å². The highest BCUT2D eigenvalue weighted by molar-refractivity contribution is 5.04. The standard InChI is InChI=1S/C9H18N2O/c1-2-8(12)3-11-6-9(7-11)4-10-5-9/h8,10,12H,2-7H2,1H3. The second kappa shape index (κ2) is 2.98. The van der Waals surface area contributed by atoms with Crippen LogP contribution in [0.5, 0.6) is 0 Å². The zero-order valence-electron chi connectivity index (χ0n) is 7.71. The normalized spacial score (nSPS) is 29.5. The first-order valence-electron chi connectivity index (χ1n) is 4.85. The molecule has 2 heterocycles. The molecule has 2 aliphatic rings. The number of hydrogen-bond acceptors (Lipinski definition) is 3. The quantitative estimate of drug-likeness (QED) is 0.608. The van der Waals surface area contributed by atoms with Gasteiger partial charge in [-0.15, -0.1) is 0 Å². The Bertz CT molecular complexity index is 157. The van der Waals surface area contributed by atoms with Gasteiger partial charge in [-0.3, -0.25) is 4.90 Å².